The van der Waals surface area contributed by atoms with Gasteiger partial charge in [-0.3, -0.25) is 4.72 Å². The molecule has 0 fully saturated rings. The third-order valence-electron chi connectivity index (χ3n) is 2.56. The maximum atomic E-state index is 11.8. The molecule has 0 saturated heterocycles. The number of aryl methyl sites for hydroxylation is 1. The molecule has 102 valence electrons. The van der Waals surface area contributed by atoms with Crippen LogP contribution in [0.4, 0.5) is 5.69 Å². The molecule has 0 heterocycles. The predicted molar refractivity (Wildman–Crippen MR) is 76.4 cm³/mol. The zero-order chi connectivity index (χ0) is 13.6. The highest BCUT2D eigenvalue weighted by molar-refractivity contribution is 7.92. The number of nitrogens with one attached hydrogen (secondary N) is 2. The van der Waals surface area contributed by atoms with E-state index >= 15 is 0 Å². The van der Waals surface area contributed by atoms with Crippen molar-refractivity contribution in [2.75, 3.05) is 17.0 Å². The molecule has 0 aliphatic heterocycles. The first-order valence-corrected chi connectivity index (χ1v) is 7.91. The number of benzene rings is 1. The lowest BCUT2D eigenvalue weighted by molar-refractivity contribution is 0.582. The molecule has 2 N–H and O–H groups in total. The normalized spacial score (nSPS) is 11.8. The molecule has 0 radical (unpaired) electrons. The molecule has 4 nitrogen and oxygen atoms in total. The first-order valence-electron chi connectivity index (χ1n) is 6.26. The van der Waals surface area contributed by atoms with Gasteiger partial charge in [0.1, 0.15) is 0 Å². The Bertz CT molecular complexity index is 452. The van der Waals surface area contributed by atoms with E-state index in [0.29, 0.717) is 18.3 Å². The highest BCUT2D eigenvalue weighted by Crippen LogP contribution is 2.11. The van der Waals surface area contributed by atoms with Crippen LogP contribution in [-0.2, 0) is 16.4 Å². The largest absolute Gasteiger partial charge is 0.313 e. The van der Waals surface area contributed by atoms with Crippen LogP contribution >= 0.6 is 0 Å². The van der Waals surface area contributed by atoms with Crippen molar-refractivity contribution in [1.82, 2.24) is 5.32 Å². The van der Waals surface area contributed by atoms with Crippen LogP contribution in [0.1, 0.15) is 26.3 Å². The van der Waals surface area contributed by atoms with Crippen LogP contribution in [0.3, 0.4) is 0 Å². The summed E-state index contributed by atoms with van der Waals surface area (Å²) in [5.74, 6) is 0.0840. The minimum atomic E-state index is -3.26. The van der Waals surface area contributed by atoms with Crippen molar-refractivity contribution in [3.05, 3.63) is 29.8 Å². The fourth-order valence-electron chi connectivity index (χ4n) is 1.52. The summed E-state index contributed by atoms with van der Waals surface area (Å²) in [7, 11) is -3.26. The number of hydrogen-bond donors (Lipinski definition) is 2. The minimum Gasteiger partial charge on any atom is -0.313 e. The molecule has 0 amide bonds. The lowest BCUT2D eigenvalue weighted by atomic mass is 10.2. The zero-order valence-corrected chi connectivity index (χ0v) is 12.0. The van der Waals surface area contributed by atoms with Crippen molar-refractivity contribution in [3.8, 4) is 0 Å². The molecule has 1 aromatic carbocycles. The Morgan fingerprint density at radius 3 is 2.28 bits per heavy atom. The van der Waals surface area contributed by atoms with Gasteiger partial charge in [0, 0.05) is 18.3 Å². The fraction of sp³-hybridized carbons (Fsp3) is 0.538. The molecule has 5 heteroatoms. The monoisotopic (exact) mass is 270 g/mol. The number of rotatable bonds is 7. The van der Waals surface area contributed by atoms with Crippen molar-refractivity contribution in [2.24, 2.45) is 0 Å². The topological polar surface area (TPSA) is 58.2 Å². The first kappa shape index (κ1) is 15.0. The summed E-state index contributed by atoms with van der Waals surface area (Å²) in [6.07, 6.45) is 0.950. The molecular weight excluding hydrogens is 248 g/mol. The second kappa shape index (κ2) is 6.75. The smallest absolute Gasteiger partial charge is 0.233 e. The van der Waals surface area contributed by atoms with Crippen LogP contribution < -0.4 is 10.0 Å². The summed E-state index contributed by atoms with van der Waals surface area (Å²) >= 11 is 0. The van der Waals surface area contributed by atoms with Gasteiger partial charge in [0.2, 0.25) is 10.0 Å². The molecule has 0 atom stereocenters. The zero-order valence-electron chi connectivity index (χ0n) is 11.2. The van der Waals surface area contributed by atoms with Gasteiger partial charge >= 0.3 is 0 Å². The van der Waals surface area contributed by atoms with E-state index in [-0.39, 0.29) is 5.75 Å². The number of hydrogen-bond acceptors (Lipinski definition) is 3. The lowest BCUT2D eigenvalue weighted by Gasteiger charge is -2.10. The van der Waals surface area contributed by atoms with Gasteiger partial charge in [-0.25, -0.2) is 8.42 Å². The highest BCUT2D eigenvalue weighted by Gasteiger charge is 2.10. The maximum absolute atomic E-state index is 11.8. The summed E-state index contributed by atoms with van der Waals surface area (Å²) in [5.41, 5.74) is 1.82. The van der Waals surface area contributed by atoms with E-state index < -0.39 is 10.0 Å². The average Bonchev–Trinajstić information content (AvgIpc) is 2.28. The standard InChI is InChI=1S/C13H22N2O2S/c1-4-12-5-7-13(8-6-12)15-18(16,17)10-9-14-11(2)3/h5-8,11,14-15H,4,9-10H2,1-3H3. The van der Waals surface area contributed by atoms with Crippen LogP contribution in [0.15, 0.2) is 24.3 Å². The van der Waals surface area contributed by atoms with Gasteiger partial charge in [-0.15, -0.1) is 0 Å². The fourth-order valence-corrected chi connectivity index (χ4v) is 2.50. The molecule has 0 aliphatic carbocycles. The quantitative estimate of drug-likeness (QED) is 0.796. The number of sulfonamides is 1. The molecule has 18 heavy (non-hydrogen) atoms. The Balaban J connectivity index is 2.53. The van der Waals surface area contributed by atoms with Gasteiger partial charge in [0.25, 0.3) is 0 Å². The van der Waals surface area contributed by atoms with E-state index in [1.165, 1.54) is 5.56 Å². The summed E-state index contributed by atoms with van der Waals surface area (Å²) in [6.45, 7) is 6.50. The Labute approximate surface area is 110 Å². The molecule has 1 rings (SSSR count). The van der Waals surface area contributed by atoms with E-state index in [2.05, 4.69) is 17.0 Å². The van der Waals surface area contributed by atoms with Crippen molar-refractivity contribution in [2.45, 2.75) is 33.2 Å². The van der Waals surface area contributed by atoms with E-state index in [9.17, 15) is 8.42 Å². The molecule has 0 unspecified atom stereocenters. The molecular formula is C13H22N2O2S. The van der Waals surface area contributed by atoms with Crippen LogP contribution in [-0.4, -0.2) is 26.8 Å². The minimum absolute atomic E-state index is 0.0840. The van der Waals surface area contributed by atoms with Crippen LogP contribution in [0, 0.1) is 0 Å². The van der Waals surface area contributed by atoms with Crippen LogP contribution in [0.2, 0.25) is 0 Å². The van der Waals surface area contributed by atoms with E-state index in [0.717, 1.165) is 6.42 Å². The SMILES string of the molecule is CCc1ccc(NS(=O)(=O)CCNC(C)C)cc1. The Hall–Kier alpha value is -1.07. The summed E-state index contributed by atoms with van der Waals surface area (Å²) in [4.78, 5) is 0. The highest BCUT2D eigenvalue weighted by atomic mass is 32.2. The molecule has 0 aliphatic rings. The summed E-state index contributed by atoms with van der Waals surface area (Å²) in [6, 6.07) is 7.76. The number of anilines is 1. The Kier molecular flexibility index (Phi) is 5.62. The lowest BCUT2D eigenvalue weighted by Crippen LogP contribution is -2.30. The maximum Gasteiger partial charge on any atom is 0.233 e. The summed E-state index contributed by atoms with van der Waals surface area (Å²) in [5, 5.41) is 3.09. The van der Waals surface area contributed by atoms with Crippen LogP contribution in [0.25, 0.3) is 0 Å². The molecule has 0 saturated carbocycles. The second-order valence-corrected chi connectivity index (χ2v) is 6.42. The predicted octanol–water partition coefficient (Wildman–Crippen LogP) is 1.99. The van der Waals surface area contributed by atoms with E-state index in [1.54, 1.807) is 12.1 Å². The third kappa shape index (κ3) is 5.51. The van der Waals surface area contributed by atoms with E-state index in [1.807, 2.05) is 26.0 Å². The molecule has 1 aromatic rings. The van der Waals surface area contributed by atoms with Gasteiger partial charge in [0.05, 0.1) is 5.75 Å². The van der Waals surface area contributed by atoms with Crippen molar-refractivity contribution < 1.29 is 8.42 Å². The van der Waals surface area contributed by atoms with E-state index in [4.69, 9.17) is 0 Å². The van der Waals surface area contributed by atoms with Gasteiger partial charge in [-0.1, -0.05) is 32.9 Å². The first-order chi connectivity index (χ1) is 8.43. The molecule has 0 spiro atoms. The third-order valence-corrected chi connectivity index (χ3v) is 3.85. The summed E-state index contributed by atoms with van der Waals surface area (Å²) < 4.78 is 26.1. The van der Waals surface area contributed by atoms with Gasteiger partial charge in [-0.2, -0.15) is 0 Å². The molecule has 0 bridgehead atoms. The average molecular weight is 270 g/mol. The van der Waals surface area contributed by atoms with Gasteiger partial charge in [0.15, 0.2) is 0 Å². The van der Waals surface area contributed by atoms with Crippen LogP contribution in [0.5, 0.6) is 0 Å². The Morgan fingerprint density at radius 2 is 1.78 bits per heavy atom. The van der Waals surface area contributed by atoms with Crippen molar-refractivity contribution >= 4 is 15.7 Å². The molecule has 0 aromatic heterocycles. The van der Waals surface area contributed by atoms with Gasteiger partial charge < -0.3 is 5.32 Å². The Morgan fingerprint density at radius 1 is 1.17 bits per heavy atom. The second-order valence-electron chi connectivity index (χ2n) is 4.58. The van der Waals surface area contributed by atoms with Crippen molar-refractivity contribution in [1.29, 1.82) is 0 Å². The van der Waals surface area contributed by atoms with Crippen molar-refractivity contribution in [3.63, 3.8) is 0 Å². The van der Waals surface area contributed by atoms with Gasteiger partial charge in [-0.05, 0) is 24.1 Å².